The predicted molar refractivity (Wildman–Crippen MR) is 83.0 cm³/mol. The summed E-state index contributed by atoms with van der Waals surface area (Å²) in [6, 6.07) is 0. The van der Waals surface area contributed by atoms with Crippen LogP contribution >= 0.6 is 11.5 Å². The lowest BCUT2D eigenvalue weighted by Crippen LogP contribution is -2.26. The second-order valence-corrected chi connectivity index (χ2v) is 7.84. The summed E-state index contributed by atoms with van der Waals surface area (Å²) in [5.74, 6) is 0.225. The summed E-state index contributed by atoms with van der Waals surface area (Å²) in [6.07, 6.45) is 3.08. The molecule has 8 heteroatoms. The number of hydrogen-bond donors (Lipinski definition) is 2. The molecule has 114 valence electrons. The highest BCUT2D eigenvalue weighted by Gasteiger charge is 2.24. The van der Waals surface area contributed by atoms with E-state index < -0.39 is 9.84 Å². The number of sulfone groups is 1. The van der Waals surface area contributed by atoms with Gasteiger partial charge in [-0.15, -0.1) is 0 Å². The van der Waals surface area contributed by atoms with Crippen LogP contribution in [0.2, 0.25) is 0 Å². The first-order chi connectivity index (χ1) is 9.54. The predicted octanol–water partition coefficient (Wildman–Crippen LogP) is 1.42. The molecule has 1 aromatic rings. The van der Waals surface area contributed by atoms with Crippen LogP contribution < -0.4 is 11.1 Å². The third-order valence-electron chi connectivity index (χ3n) is 3.37. The number of nitrogens with two attached hydrogens (primary N) is 1. The van der Waals surface area contributed by atoms with Crippen LogP contribution in [0.3, 0.4) is 0 Å². The standard InChI is InChI=1S/C12H22N4O2S2/c1-2-9-20(17,18)10-11(13)15-19-12(10)14-5-8-16-6-3-4-7-16/h14H,2-9H2,1H3,(H2,13,15). The molecular weight excluding hydrogens is 296 g/mol. The van der Waals surface area contributed by atoms with Crippen molar-refractivity contribution in [3.05, 3.63) is 0 Å². The molecule has 20 heavy (non-hydrogen) atoms. The Morgan fingerprint density at radius 1 is 1.40 bits per heavy atom. The molecule has 0 radical (unpaired) electrons. The number of nitrogen functional groups attached to an aromatic ring is 1. The number of rotatable bonds is 7. The first kappa shape index (κ1) is 15.5. The van der Waals surface area contributed by atoms with E-state index in [0.29, 0.717) is 11.4 Å². The zero-order chi connectivity index (χ0) is 14.6. The van der Waals surface area contributed by atoms with Gasteiger partial charge in [0.1, 0.15) is 9.90 Å². The fraction of sp³-hybridized carbons (Fsp3) is 0.750. The molecule has 2 rings (SSSR count). The molecule has 0 unspecified atom stereocenters. The summed E-state index contributed by atoms with van der Waals surface area (Å²) in [4.78, 5) is 2.56. The third kappa shape index (κ3) is 3.62. The molecular formula is C12H22N4O2S2. The number of anilines is 2. The molecule has 1 aliphatic heterocycles. The highest BCUT2D eigenvalue weighted by Crippen LogP contribution is 2.32. The molecule has 0 aromatic carbocycles. The van der Waals surface area contributed by atoms with E-state index in [4.69, 9.17) is 5.73 Å². The molecule has 1 fully saturated rings. The lowest BCUT2D eigenvalue weighted by atomic mass is 10.4. The zero-order valence-electron chi connectivity index (χ0n) is 11.8. The second kappa shape index (κ2) is 6.73. The quantitative estimate of drug-likeness (QED) is 0.790. The maximum absolute atomic E-state index is 12.2. The molecule has 1 aliphatic rings. The van der Waals surface area contributed by atoms with E-state index >= 15 is 0 Å². The van der Waals surface area contributed by atoms with Crippen molar-refractivity contribution >= 4 is 32.2 Å². The van der Waals surface area contributed by atoms with Crippen molar-refractivity contribution in [2.24, 2.45) is 0 Å². The molecule has 0 spiro atoms. The minimum Gasteiger partial charge on any atom is -0.382 e. The monoisotopic (exact) mass is 318 g/mol. The van der Waals surface area contributed by atoms with Gasteiger partial charge in [0.2, 0.25) is 0 Å². The molecule has 6 nitrogen and oxygen atoms in total. The van der Waals surface area contributed by atoms with Gasteiger partial charge >= 0.3 is 0 Å². The van der Waals surface area contributed by atoms with Crippen LogP contribution in [0.1, 0.15) is 26.2 Å². The average molecular weight is 318 g/mol. The van der Waals surface area contributed by atoms with Gasteiger partial charge in [0.05, 0.1) is 5.75 Å². The number of nitrogens with one attached hydrogen (secondary N) is 1. The van der Waals surface area contributed by atoms with Crippen LogP contribution in [-0.4, -0.2) is 49.6 Å². The Bertz CT molecular complexity index is 536. The van der Waals surface area contributed by atoms with Crippen LogP contribution in [0.25, 0.3) is 0 Å². The van der Waals surface area contributed by atoms with E-state index in [2.05, 4.69) is 14.6 Å². The minimum absolute atomic E-state index is 0.108. The first-order valence-corrected chi connectivity index (χ1v) is 9.41. The van der Waals surface area contributed by atoms with Crippen molar-refractivity contribution in [1.82, 2.24) is 9.27 Å². The van der Waals surface area contributed by atoms with Gasteiger partial charge in [0.25, 0.3) is 0 Å². The van der Waals surface area contributed by atoms with Gasteiger partial charge in [-0.1, -0.05) is 6.92 Å². The second-order valence-electron chi connectivity index (χ2n) is 5.02. The van der Waals surface area contributed by atoms with Crippen LogP contribution in [-0.2, 0) is 9.84 Å². The van der Waals surface area contributed by atoms with Crippen LogP contribution in [0.4, 0.5) is 10.8 Å². The maximum atomic E-state index is 12.2. The van der Waals surface area contributed by atoms with E-state index in [-0.39, 0.29) is 16.5 Å². The number of likely N-dealkylation sites (tertiary alicyclic amines) is 1. The van der Waals surface area contributed by atoms with E-state index in [9.17, 15) is 8.42 Å². The maximum Gasteiger partial charge on any atom is 0.185 e. The summed E-state index contributed by atoms with van der Waals surface area (Å²) in [6.45, 7) is 5.75. The van der Waals surface area contributed by atoms with Crippen LogP contribution in [0, 0.1) is 0 Å². The largest absolute Gasteiger partial charge is 0.382 e. The molecule has 2 heterocycles. The van der Waals surface area contributed by atoms with Crippen molar-refractivity contribution in [2.75, 3.05) is 43.0 Å². The van der Waals surface area contributed by atoms with Crippen molar-refractivity contribution in [2.45, 2.75) is 31.1 Å². The SMILES string of the molecule is CCCS(=O)(=O)c1c(N)nsc1NCCN1CCCC1. The van der Waals surface area contributed by atoms with Crippen LogP contribution in [0.15, 0.2) is 4.90 Å². The molecule has 0 aliphatic carbocycles. The molecule has 1 aromatic heterocycles. The summed E-state index contributed by atoms with van der Waals surface area (Å²) in [5, 5.41) is 3.76. The van der Waals surface area contributed by atoms with E-state index in [1.54, 1.807) is 0 Å². The van der Waals surface area contributed by atoms with Gasteiger partial charge in [-0.2, -0.15) is 4.37 Å². The lowest BCUT2D eigenvalue weighted by Gasteiger charge is -2.15. The summed E-state index contributed by atoms with van der Waals surface area (Å²) in [5.41, 5.74) is 5.72. The van der Waals surface area contributed by atoms with Crippen molar-refractivity contribution in [1.29, 1.82) is 0 Å². The van der Waals surface area contributed by atoms with Gasteiger partial charge in [-0.25, -0.2) is 8.42 Å². The van der Waals surface area contributed by atoms with Gasteiger partial charge in [0.15, 0.2) is 15.7 Å². The lowest BCUT2D eigenvalue weighted by molar-refractivity contribution is 0.353. The molecule has 1 saturated heterocycles. The third-order valence-corrected chi connectivity index (χ3v) is 6.30. The summed E-state index contributed by atoms with van der Waals surface area (Å²) >= 11 is 1.13. The van der Waals surface area contributed by atoms with Crippen molar-refractivity contribution in [3.8, 4) is 0 Å². The molecule has 0 saturated carbocycles. The van der Waals surface area contributed by atoms with Crippen molar-refractivity contribution < 1.29 is 8.42 Å². The van der Waals surface area contributed by atoms with E-state index in [0.717, 1.165) is 37.7 Å². The highest BCUT2D eigenvalue weighted by molar-refractivity contribution is 7.91. The van der Waals surface area contributed by atoms with Gasteiger partial charge in [-0.05, 0) is 43.9 Å². The fourth-order valence-corrected chi connectivity index (χ4v) is 5.06. The Hall–Kier alpha value is -0.860. The Kier molecular flexibility index (Phi) is 5.22. The van der Waals surface area contributed by atoms with Crippen molar-refractivity contribution in [3.63, 3.8) is 0 Å². The molecule has 0 atom stereocenters. The fourth-order valence-electron chi connectivity index (χ4n) is 2.41. The molecule has 0 bridgehead atoms. The Morgan fingerprint density at radius 3 is 2.75 bits per heavy atom. The van der Waals surface area contributed by atoms with Gasteiger partial charge in [0, 0.05) is 13.1 Å². The average Bonchev–Trinajstić information content (AvgIpc) is 2.99. The van der Waals surface area contributed by atoms with Gasteiger partial charge in [-0.3, -0.25) is 0 Å². The minimum atomic E-state index is -3.33. The smallest absolute Gasteiger partial charge is 0.185 e. The highest BCUT2D eigenvalue weighted by atomic mass is 32.2. The first-order valence-electron chi connectivity index (χ1n) is 6.98. The van der Waals surface area contributed by atoms with E-state index in [1.165, 1.54) is 12.8 Å². The molecule has 3 N–H and O–H groups in total. The Labute approximate surface area is 124 Å². The molecule has 0 amide bonds. The normalized spacial score (nSPS) is 16.6. The number of nitrogens with zero attached hydrogens (tertiary/aromatic N) is 2. The Morgan fingerprint density at radius 2 is 2.10 bits per heavy atom. The van der Waals surface area contributed by atoms with Gasteiger partial charge < -0.3 is 16.0 Å². The van der Waals surface area contributed by atoms with E-state index in [1.807, 2.05) is 6.92 Å². The zero-order valence-corrected chi connectivity index (χ0v) is 13.4. The number of aromatic nitrogens is 1. The Balaban J connectivity index is 2.01. The van der Waals surface area contributed by atoms with Crippen LogP contribution in [0.5, 0.6) is 0 Å². The number of hydrogen-bond acceptors (Lipinski definition) is 7. The topological polar surface area (TPSA) is 88.3 Å². The summed E-state index contributed by atoms with van der Waals surface area (Å²) < 4.78 is 28.4. The summed E-state index contributed by atoms with van der Waals surface area (Å²) in [7, 11) is -3.33.